The van der Waals surface area contributed by atoms with Crippen molar-refractivity contribution in [2.75, 3.05) is 23.3 Å². The highest BCUT2D eigenvalue weighted by molar-refractivity contribution is 6.06. The number of nitrogens with one attached hydrogen (secondary N) is 2. The molecule has 0 aliphatic carbocycles. The zero-order valence-corrected chi connectivity index (χ0v) is 13.9. The molecule has 1 aliphatic heterocycles. The number of nitrogens with zero attached hydrogens (tertiary/aromatic N) is 1. The van der Waals surface area contributed by atoms with Crippen molar-refractivity contribution in [2.45, 2.75) is 19.3 Å². The largest absolute Gasteiger partial charge is 0.372 e. The van der Waals surface area contributed by atoms with Crippen LogP contribution in [-0.2, 0) is 0 Å². The standard InChI is InChI=1S/C20H20FN3O/c21-15-4-9-18-14(12-15)13-19(23-18)20(25)22-16-5-7-17(8-6-16)24-10-2-1-3-11-24/h4-9,12-13,23H,1-3,10-11H2,(H,22,25). The maximum atomic E-state index is 13.3. The molecular formula is C20H20FN3O. The van der Waals surface area contributed by atoms with Gasteiger partial charge in [0.1, 0.15) is 11.5 Å². The van der Waals surface area contributed by atoms with Crippen LogP contribution in [0.3, 0.4) is 0 Å². The van der Waals surface area contributed by atoms with Gasteiger partial charge in [0.25, 0.3) is 5.91 Å². The van der Waals surface area contributed by atoms with Gasteiger partial charge in [-0.25, -0.2) is 4.39 Å². The molecule has 4 rings (SSSR count). The number of amides is 1. The van der Waals surface area contributed by atoms with Crippen LogP contribution in [0.15, 0.2) is 48.5 Å². The lowest BCUT2D eigenvalue weighted by atomic mass is 10.1. The van der Waals surface area contributed by atoms with Gasteiger partial charge in [0.2, 0.25) is 0 Å². The third-order valence-corrected chi connectivity index (χ3v) is 4.67. The van der Waals surface area contributed by atoms with Crippen molar-refractivity contribution in [3.05, 3.63) is 60.0 Å². The van der Waals surface area contributed by atoms with Gasteiger partial charge in [-0.05, 0) is 67.8 Å². The SMILES string of the molecule is O=C(Nc1ccc(N2CCCCC2)cc1)c1cc2cc(F)ccc2[nH]1. The molecule has 2 aromatic carbocycles. The van der Waals surface area contributed by atoms with Crippen LogP contribution in [0.1, 0.15) is 29.8 Å². The number of aromatic nitrogens is 1. The van der Waals surface area contributed by atoms with Crippen molar-refractivity contribution in [2.24, 2.45) is 0 Å². The zero-order chi connectivity index (χ0) is 17.2. The van der Waals surface area contributed by atoms with E-state index in [-0.39, 0.29) is 11.7 Å². The molecule has 1 aliphatic rings. The number of carbonyl (C=O) groups is 1. The monoisotopic (exact) mass is 337 g/mol. The molecule has 0 radical (unpaired) electrons. The summed E-state index contributed by atoms with van der Waals surface area (Å²) < 4.78 is 13.3. The smallest absolute Gasteiger partial charge is 0.272 e. The summed E-state index contributed by atoms with van der Waals surface area (Å²) in [4.78, 5) is 17.8. The Morgan fingerprint density at radius 1 is 1.00 bits per heavy atom. The van der Waals surface area contributed by atoms with Gasteiger partial charge in [-0.1, -0.05) is 0 Å². The van der Waals surface area contributed by atoms with Gasteiger partial charge in [-0.2, -0.15) is 0 Å². The lowest BCUT2D eigenvalue weighted by Gasteiger charge is -2.28. The van der Waals surface area contributed by atoms with Crippen LogP contribution in [0.4, 0.5) is 15.8 Å². The molecule has 0 saturated carbocycles. The molecule has 0 atom stereocenters. The Morgan fingerprint density at radius 2 is 1.76 bits per heavy atom. The van der Waals surface area contributed by atoms with E-state index in [0.29, 0.717) is 11.1 Å². The first-order valence-electron chi connectivity index (χ1n) is 8.64. The lowest BCUT2D eigenvalue weighted by Crippen LogP contribution is -2.29. The van der Waals surface area contributed by atoms with Crippen LogP contribution in [0, 0.1) is 5.82 Å². The summed E-state index contributed by atoms with van der Waals surface area (Å²) in [5.74, 6) is -0.547. The number of aromatic amines is 1. The predicted octanol–water partition coefficient (Wildman–Crippen LogP) is 4.55. The van der Waals surface area contributed by atoms with Crippen molar-refractivity contribution in [3.8, 4) is 0 Å². The molecule has 1 aromatic heterocycles. The van der Waals surface area contributed by atoms with Crippen molar-refractivity contribution in [3.63, 3.8) is 0 Å². The topological polar surface area (TPSA) is 48.1 Å². The number of hydrogen-bond acceptors (Lipinski definition) is 2. The van der Waals surface area contributed by atoms with Crippen LogP contribution in [0.5, 0.6) is 0 Å². The highest BCUT2D eigenvalue weighted by Gasteiger charge is 2.12. The van der Waals surface area contributed by atoms with Gasteiger partial charge in [0.15, 0.2) is 0 Å². The zero-order valence-electron chi connectivity index (χ0n) is 13.9. The Labute approximate surface area is 145 Å². The van der Waals surface area contributed by atoms with Gasteiger partial charge in [-0.3, -0.25) is 4.79 Å². The highest BCUT2D eigenvalue weighted by Crippen LogP contribution is 2.22. The second-order valence-electron chi connectivity index (χ2n) is 6.46. The number of carbonyl (C=O) groups excluding carboxylic acids is 1. The van der Waals surface area contributed by atoms with Crippen molar-refractivity contribution >= 4 is 28.2 Å². The molecule has 0 spiro atoms. The highest BCUT2D eigenvalue weighted by atomic mass is 19.1. The Balaban J connectivity index is 1.47. The predicted molar refractivity (Wildman–Crippen MR) is 98.7 cm³/mol. The fraction of sp³-hybridized carbons (Fsp3) is 0.250. The first-order chi connectivity index (χ1) is 12.2. The summed E-state index contributed by atoms with van der Waals surface area (Å²) in [7, 11) is 0. The number of halogens is 1. The molecule has 25 heavy (non-hydrogen) atoms. The van der Waals surface area contributed by atoms with Crippen LogP contribution in [0.2, 0.25) is 0 Å². The Morgan fingerprint density at radius 3 is 2.52 bits per heavy atom. The molecule has 2 N–H and O–H groups in total. The van der Waals surface area contributed by atoms with Crippen molar-refractivity contribution in [1.82, 2.24) is 4.98 Å². The fourth-order valence-corrected chi connectivity index (χ4v) is 3.33. The number of benzene rings is 2. The van der Waals surface area contributed by atoms with Gasteiger partial charge < -0.3 is 15.2 Å². The maximum Gasteiger partial charge on any atom is 0.272 e. The van der Waals surface area contributed by atoms with Crippen LogP contribution >= 0.6 is 0 Å². The number of anilines is 2. The van der Waals surface area contributed by atoms with Crippen LogP contribution in [-0.4, -0.2) is 24.0 Å². The average Bonchev–Trinajstić information content (AvgIpc) is 3.06. The van der Waals surface area contributed by atoms with Crippen molar-refractivity contribution in [1.29, 1.82) is 0 Å². The normalized spacial score (nSPS) is 14.7. The molecule has 5 heteroatoms. The van der Waals surface area contributed by atoms with Gasteiger partial charge in [-0.15, -0.1) is 0 Å². The molecular weight excluding hydrogens is 317 g/mol. The molecule has 2 heterocycles. The van der Waals surface area contributed by atoms with E-state index < -0.39 is 0 Å². The molecule has 0 bridgehead atoms. The maximum absolute atomic E-state index is 13.3. The number of rotatable bonds is 3. The van der Waals surface area contributed by atoms with E-state index in [2.05, 4.69) is 15.2 Å². The van der Waals surface area contributed by atoms with E-state index in [4.69, 9.17) is 0 Å². The van der Waals surface area contributed by atoms with E-state index >= 15 is 0 Å². The van der Waals surface area contributed by atoms with E-state index in [1.807, 2.05) is 24.3 Å². The van der Waals surface area contributed by atoms with Gasteiger partial charge in [0.05, 0.1) is 0 Å². The van der Waals surface area contributed by atoms with E-state index in [9.17, 15) is 9.18 Å². The van der Waals surface area contributed by atoms with Crippen LogP contribution in [0.25, 0.3) is 10.9 Å². The number of hydrogen-bond donors (Lipinski definition) is 2. The second-order valence-corrected chi connectivity index (χ2v) is 6.46. The molecule has 4 nitrogen and oxygen atoms in total. The summed E-state index contributed by atoms with van der Waals surface area (Å²) in [6.07, 6.45) is 3.78. The summed E-state index contributed by atoms with van der Waals surface area (Å²) in [6.45, 7) is 2.19. The van der Waals surface area contributed by atoms with E-state index in [1.54, 1.807) is 12.1 Å². The summed E-state index contributed by atoms with van der Waals surface area (Å²) >= 11 is 0. The number of H-pyrrole nitrogens is 1. The quantitative estimate of drug-likeness (QED) is 0.736. The molecule has 1 amide bonds. The third kappa shape index (κ3) is 3.36. The van der Waals surface area contributed by atoms with Crippen LogP contribution < -0.4 is 10.2 Å². The second kappa shape index (κ2) is 6.59. The van der Waals surface area contributed by atoms with E-state index in [1.165, 1.54) is 37.1 Å². The molecule has 128 valence electrons. The lowest BCUT2D eigenvalue weighted by molar-refractivity contribution is 0.102. The molecule has 1 saturated heterocycles. The minimum absolute atomic E-state index is 0.234. The molecule has 0 unspecified atom stereocenters. The number of fused-ring (bicyclic) bond motifs is 1. The Bertz CT molecular complexity index is 895. The van der Waals surface area contributed by atoms with Gasteiger partial charge >= 0.3 is 0 Å². The fourth-order valence-electron chi connectivity index (χ4n) is 3.33. The van der Waals surface area contributed by atoms with E-state index in [0.717, 1.165) is 24.3 Å². The average molecular weight is 337 g/mol. The summed E-state index contributed by atoms with van der Waals surface area (Å²) in [5.41, 5.74) is 3.10. The minimum Gasteiger partial charge on any atom is -0.372 e. The first-order valence-corrected chi connectivity index (χ1v) is 8.64. The van der Waals surface area contributed by atoms with Crippen molar-refractivity contribution < 1.29 is 9.18 Å². The summed E-state index contributed by atoms with van der Waals surface area (Å²) in [5, 5.41) is 3.57. The first kappa shape index (κ1) is 15.7. The molecule has 3 aromatic rings. The summed E-state index contributed by atoms with van der Waals surface area (Å²) in [6, 6.07) is 14.0. The number of piperidine rings is 1. The minimum atomic E-state index is -0.313. The third-order valence-electron chi connectivity index (χ3n) is 4.67. The van der Waals surface area contributed by atoms with Gasteiger partial charge in [0, 0.05) is 35.4 Å². The Kier molecular flexibility index (Phi) is 4.14. The Hall–Kier alpha value is -2.82. The molecule has 1 fully saturated rings.